The summed E-state index contributed by atoms with van der Waals surface area (Å²) in [6, 6.07) is 4.26. The number of imide groups is 1. The molecule has 3 amide bonds. The Labute approximate surface area is 155 Å². The largest absolute Gasteiger partial charge is 0.449 e. The van der Waals surface area contributed by atoms with Gasteiger partial charge in [-0.25, -0.2) is 9.59 Å². The highest BCUT2D eigenvalue weighted by molar-refractivity contribution is 5.98. The van der Waals surface area contributed by atoms with E-state index in [1.54, 1.807) is 0 Å². The number of hydrogen-bond donors (Lipinski definition) is 2. The Morgan fingerprint density at radius 1 is 1.07 bits per heavy atom. The van der Waals surface area contributed by atoms with Crippen LogP contribution in [-0.2, 0) is 9.53 Å². The minimum absolute atomic E-state index is 0.0402. The van der Waals surface area contributed by atoms with E-state index in [0.29, 0.717) is 0 Å². The van der Waals surface area contributed by atoms with E-state index in [-0.39, 0.29) is 17.4 Å². The third-order valence-corrected chi connectivity index (χ3v) is 4.15. The van der Waals surface area contributed by atoms with Crippen LogP contribution in [0.15, 0.2) is 24.3 Å². The molecule has 1 aliphatic rings. The van der Waals surface area contributed by atoms with Gasteiger partial charge in [0, 0.05) is 6.04 Å². The lowest BCUT2D eigenvalue weighted by atomic mass is 9.96. The summed E-state index contributed by atoms with van der Waals surface area (Å²) in [4.78, 5) is 35.8. The van der Waals surface area contributed by atoms with Gasteiger partial charge in [0.15, 0.2) is 6.10 Å². The van der Waals surface area contributed by atoms with Crippen LogP contribution in [0.1, 0.15) is 49.4 Å². The average molecular weight is 384 g/mol. The number of esters is 1. The van der Waals surface area contributed by atoms with Gasteiger partial charge in [0.1, 0.15) is 5.75 Å². The van der Waals surface area contributed by atoms with E-state index in [9.17, 15) is 23.2 Å². The minimum Gasteiger partial charge on any atom is -0.449 e. The Hall–Kier alpha value is -2.71. The van der Waals surface area contributed by atoms with E-state index in [0.717, 1.165) is 32.1 Å². The number of ether oxygens (including phenoxy) is 2. The number of nitrogens with one attached hydrogen (secondary N) is 2. The molecule has 0 saturated heterocycles. The summed E-state index contributed by atoms with van der Waals surface area (Å²) in [6.07, 6.45) is 3.75. The molecule has 1 atom stereocenters. The van der Waals surface area contributed by atoms with Gasteiger partial charge in [0.25, 0.3) is 5.91 Å². The number of halogens is 2. The van der Waals surface area contributed by atoms with Crippen molar-refractivity contribution in [2.75, 3.05) is 0 Å². The normalized spacial score (nSPS) is 15.7. The molecule has 7 nitrogen and oxygen atoms in total. The lowest BCUT2D eigenvalue weighted by Gasteiger charge is -2.23. The predicted molar refractivity (Wildman–Crippen MR) is 91.5 cm³/mol. The second-order valence-electron chi connectivity index (χ2n) is 6.25. The van der Waals surface area contributed by atoms with Gasteiger partial charge in [-0.15, -0.1) is 0 Å². The van der Waals surface area contributed by atoms with Crippen molar-refractivity contribution in [3.63, 3.8) is 0 Å². The maximum absolute atomic E-state index is 12.1. The summed E-state index contributed by atoms with van der Waals surface area (Å²) >= 11 is 0. The molecule has 2 rings (SSSR count). The van der Waals surface area contributed by atoms with E-state index in [2.05, 4.69) is 15.4 Å². The Kier molecular flexibility index (Phi) is 7.51. The van der Waals surface area contributed by atoms with Crippen LogP contribution in [0, 0.1) is 0 Å². The van der Waals surface area contributed by atoms with E-state index in [1.165, 1.54) is 31.2 Å². The fourth-order valence-corrected chi connectivity index (χ4v) is 2.74. The number of rotatable bonds is 6. The molecule has 0 radical (unpaired) electrons. The summed E-state index contributed by atoms with van der Waals surface area (Å²) in [5.41, 5.74) is 0.0583. The number of alkyl halides is 2. The third-order valence-electron chi connectivity index (χ3n) is 4.15. The Morgan fingerprint density at radius 2 is 1.70 bits per heavy atom. The van der Waals surface area contributed by atoms with Crippen molar-refractivity contribution in [3.05, 3.63) is 29.8 Å². The molecule has 27 heavy (non-hydrogen) atoms. The van der Waals surface area contributed by atoms with Crippen molar-refractivity contribution < 1.29 is 32.6 Å². The van der Waals surface area contributed by atoms with Gasteiger partial charge in [0.05, 0.1) is 5.56 Å². The standard InChI is InChI=1S/C18H22F2N2O5/c1-11(15(23)22-18(25)21-13-5-3-2-4-6-13)26-16(24)12-7-9-14(10-8-12)27-17(19)20/h7-11,13,17H,2-6H2,1H3,(H2,21,22,23,25)/t11-/m0/s1. The highest BCUT2D eigenvalue weighted by Gasteiger charge is 2.22. The Morgan fingerprint density at radius 3 is 2.30 bits per heavy atom. The number of carbonyl (C=O) groups excluding carboxylic acids is 3. The molecule has 2 N–H and O–H groups in total. The summed E-state index contributed by atoms with van der Waals surface area (Å²) in [5, 5.41) is 4.87. The first-order valence-corrected chi connectivity index (χ1v) is 8.72. The van der Waals surface area contributed by atoms with Gasteiger partial charge < -0.3 is 14.8 Å². The van der Waals surface area contributed by atoms with Crippen LogP contribution in [0.4, 0.5) is 13.6 Å². The highest BCUT2D eigenvalue weighted by atomic mass is 19.3. The van der Waals surface area contributed by atoms with Crippen molar-refractivity contribution in [1.82, 2.24) is 10.6 Å². The van der Waals surface area contributed by atoms with Gasteiger partial charge in [0.2, 0.25) is 0 Å². The van der Waals surface area contributed by atoms with Crippen LogP contribution in [0.3, 0.4) is 0 Å². The zero-order valence-electron chi connectivity index (χ0n) is 14.9. The van der Waals surface area contributed by atoms with Crippen molar-refractivity contribution in [2.45, 2.75) is 57.8 Å². The van der Waals surface area contributed by atoms with E-state index in [1.807, 2.05) is 0 Å². The van der Waals surface area contributed by atoms with E-state index in [4.69, 9.17) is 4.74 Å². The van der Waals surface area contributed by atoms with E-state index >= 15 is 0 Å². The lowest BCUT2D eigenvalue weighted by molar-refractivity contribution is -0.127. The van der Waals surface area contributed by atoms with Gasteiger partial charge in [-0.05, 0) is 44.0 Å². The monoisotopic (exact) mass is 384 g/mol. The maximum Gasteiger partial charge on any atom is 0.387 e. The summed E-state index contributed by atoms with van der Waals surface area (Å²) in [5.74, 6) is -1.69. The average Bonchev–Trinajstić information content (AvgIpc) is 2.62. The van der Waals surface area contributed by atoms with Gasteiger partial charge in [-0.3, -0.25) is 10.1 Å². The van der Waals surface area contributed by atoms with Crippen LogP contribution < -0.4 is 15.4 Å². The SMILES string of the molecule is C[C@H](OC(=O)c1ccc(OC(F)F)cc1)C(=O)NC(=O)NC1CCCCC1. The number of amides is 3. The molecular weight excluding hydrogens is 362 g/mol. The molecule has 0 unspecified atom stereocenters. The van der Waals surface area contributed by atoms with Gasteiger partial charge in [-0.1, -0.05) is 19.3 Å². The van der Waals surface area contributed by atoms with Gasteiger partial charge >= 0.3 is 18.6 Å². The molecule has 1 saturated carbocycles. The molecule has 0 heterocycles. The summed E-state index contributed by atoms with van der Waals surface area (Å²) in [7, 11) is 0. The van der Waals surface area contributed by atoms with Crippen LogP contribution in [0.2, 0.25) is 0 Å². The first-order valence-electron chi connectivity index (χ1n) is 8.72. The summed E-state index contributed by atoms with van der Waals surface area (Å²) in [6.45, 7) is -1.64. The Bertz CT molecular complexity index is 660. The molecular formula is C18H22F2N2O5. The third kappa shape index (κ3) is 6.84. The highest BCUT2D eigenvalue weighted by Crippen LogP contribution is 2.17. The number of hydrogen-bond acceptors (Lipinski definition) is 5. The molecule has 1 aliphatic carbocycles. The molecule has 0 aliphatic heterocycles. The van der Waals surface area contributed by atoms with Crippen LogP contribution in [-0.4, -0.2) is 36.7 Å². The summed E-state index contributed by atoms with van der Waals surface area (Å²) < 4.78 is 33.4. The predicted octanol–water partition coefficient (Wildman–Crippen LogP) is 2.99. The van der Waals surface area contributed by atoms with Crippen molar-refractivity contribution in [2.24, 2.45) is 0 Å². The second-order valence-corrected chi connectivity index (χ2v) is 6.25. The molecule has 148 valence electrons. The minimum atomic E-state index is -2.97. The number of urea groups is 1. The fraction of sp³-hybridized carbons (Fsp3) is 0.500. The van der Waals surface area contributed by atoms with Crippen LogP contribution >= 0.6 is 0 Å². The molecule has 1 aromatic carbocycles. The lowest BCUT2D eigenvalue weighted by Crippen LogP contribution is -2.48. The molecule has 9 heteroatoms. The molecule has 0 spiro atoms. The first-order chi connectivity index (χ1) is 12.8. The quantitative estimate of drug-likeness (QED) is 0.736. The Balaban J connectivity index is 1.80. The molecule has 1 aromatic rings. The molecule has 0 bridgehead atoms. The number of benzene rings is 1. The zero-order chi connectivity index (χ0) is 19.8. The van der Waals surface area contributed by atoms with Crippen molar-refractivity contribution >= 4 is 17.9 Å². The molecule has 1 fully saturated rings. The molecule has 0 aromatic heterocycles. The zero-order valence-corrected chi connectivity index (χ0v) is 14.9. The number of carbonyl (C=O) groups is 3. The van der Waals surface area contributed by atoms with Crippen LogP contribution in [0.25, 0.3) is 0 Å². The smallest absolute Gasteiger partial charge is 0.387 e. The second kappa shape index (κ2) is 9.84. The van der Waals surface area contributed by atoms with Crippen molar-refractivity contribution in [3.8, 4) is 5.75 Å². The van der Waals surface area contributed by atoms with Gasteiger partial charge in [-0.2, -0.15) is 8.78 Å². The fourth-order valence-electron chi connectivity index (χ4n) is 2.74. The van der Waals surface area contributed by atoms with Crippen LogP contribution in [0.5, 0.6) is 5.75 Å². The van der Waals surface area contributed by atoms with E-state index < -0.39 is 30.6 Å². The van der Waals surface area contributed by atoms with Crippen molar-refractivity contribution in [1.29, 1.82) is 0 Å². The first kappa shape index (κ1) is 20.6. The topological polar surface area (TPSA) is 93.7 Å². The maximum atomic E-state index is 12.1.